The fraction of sp³-hybridized carbons (Fsp3) is 0.222. The van der Waals surface area contributed by atoms with E-state index in [1.54, 1.807) is 24.3 Å². The van der Waals surface area contributed by atoms with Crippen LogP contribution in [0.2, 0.25) is 0 Å². The molecule has 0 N–H and O–H groups in total. The Hall–Kier alpha value is -0.360. The van der Waals surface area contributed by atoms with Crippen LogP contribution in [-0.4, -0.2) is 20.6 Å². The summed E-state index contributed by atoms with van der Waals surface area (Å²) < 4.78 is 25.4. The van der Waals surface area contributed by atoms with Gasteiger partial charge in [-0.3, -0.25) is 4.79 Å². The maximum absolute atomic E-state index is 11.0. The maximum atomic E-state index is 11.0. The SMILES string of the molecule is CS(=O)(=O)OC(=O)Cc1ccccc1.[H-].[Na+]. The predicted octanol–water partition coefficient (Wildman–Crippen LogP) is -2.15. The van der Waals surface area contributed by atoms with Crippen molar-refractivity contribution in [3.8, 4) is 0 Å². The Labute approximate surface area is 113 Å². The molecule has 0 saturated heterocycles. The zero-order valence-corrected chi connectivity index (χ0v) is 11.5. The molecule has 0 amide bonds. The van der Waals surface area contributed by atoms with Crippen LogP contribution >= 0.6 is 0 Å². The van der Waals surface area contributed by atoms with Crippen LogP contribution in [0.15, 0.2) is 30.3 Å². The molecule has 0 spiro atoms. The summed E-state index contributed by atoms with van der Waals surface area (Å²) in [6.07, 6.45) is 0.809. The number of hydrogen-bond donors (Lipinski definition) is 0. The second-order valence-electron chi connectivity index (χ2n) is 2.82. The van der Waals surface area contributed by atoms with Crippen LogP contribution in [0.5, 0.6) is 0 Å². The summed E-state index contributed by atoms with van der Waals surface area (Å²) in [5.41, 5.74) is 0.723. The Bertz CT molecular complexity index is 418. The minimum absolute atomic E-state index is 0. The van der Waals surface area contributed by atoms with E-state index in [0.717, 1.165) is 11.8 Å². The monoisotopic (exact) mass is 238 g/mol. The van der Waals surface area contributed by atoms with Gasteiger partial charge in [-0.05, 0) is 5.56 Å². The first-order chi connectivity index (χ1) is 6.47. The summed E-state index contributed by atoms with van der Waals surface area (Å²) in [7, 11) is -3.69. The molecule has 0 saturated carbocycles. The van der Waals surface area contributed by atoms with Crippen LogP contribution in [0.1, 0.15) is 6.99 Å². The number of hydrogen-bond acceptors (Lipinski definition) is 4. The van der Waals surface area contributed by atoms with Gasteiger partial charge in [0.15, 0.2) is 0 Å². The summed E-state index contributed by atoms with van der Waals surface area (Å²) in [6.45, 7) is 0. The number of carbonyl (C=O) groups excluding carboxylic acids is 1. The number of benzene rings is 1. The average Bonchev–Trinajstić information content (AvgIpc) is 2.02. The van der Waals surface area contributed by atoms with Crippen molar-refractivity contribution in [2.24, 2.45) is 0 Å². The van der Waals surface area contributed by atoms with Crippen molar-refractivity contribution in [2.75, 3.05) is 6.26 Å². The Morgan fingerprint density at radius 1 is 1.33 bits per heavy atom. The van der Waals surface area contributed by atoms with Gasteiger partial charge in [-0.15, -0.1) is 0 Å². The van der Waals surface area contributed by atoms with Crippen molar-refractivity contribution in [2.45, 2.75) is 6.42 Å². The molecule has 0 radical (unpaired) electrons. The predicted molar refractivity (Wildman–Crippen MR) is 52.2 cm³/mol. The first-order valence-corrected chi connectivity index (χ1v) is 5.75. The average molecular weight is 238 g/mol. The molecule has 1 aromatic rings. The van der Waals surface area contributed by atoms with Crippen LogP contribution in [0.4, 0.5) is 0 Å². The van der Waals surface area contributed by atoms with Gasteiger partial charge in [-0.1, -0.05) is 30.3 Å². The van der Waals surface area contributed by atoms with E-state index < -0.39 is 16.1 Å². The summed E-state index contributed by atoms with van der Waals surface area (Å²) >= 11 is 0. The Morgan fingerprint density at radius 2 is 1.87 bits per heavy atom. The maximum Gasteiger partial charge on any atom is 1.00 e. The van der Waals surface area contributed by atoms with Crippen LogP contribution in [0.3, 0.4) is 0 Å². The van der Waals surface area contributed by atoms with Crippen LogP contribution < -0.4 is 29.6 Å². The summed E-state index contributed by atoms with van der Waals surface area (Å²) in [4.78, 5) is 11.0. The minimum atomic E-state index is -3.69. The Balaban J connectivity index is 0. The van der Waals surface area contributed by atoms with E-state index in [0.29, 0.717) is 0 Å². The molecule has 4 nitrogen and oxygen atoms in total. The molecule has 15 heavy (non-hydrogen) atoms. The molecule has 0 atom stereocenters. The molecule has 0 fully saturated rings. The quantitative estimate of drug-likeness (QED) is 0.445. The molecule has 0 heterocycles. The van der Waals surface area contributed by atoms with Crippen molar-refractivity contribution in [1.82, 2.24) is 0 Å². The van der Waals surface area contributed by atoms with Gasteiger partial charge in [0.05, 0.1) is 12.7 Å². The van der Waals surface area contributed by atoms with Gasteiger partial charge in [0, 0.05) is 0 Å². The molecule has 0 aliphatic heterocycles. The van der Waals surface area contributed by atoms with Crippen molar-refractivity contribution >= 4 is 16.1 Å². The van der Waals surface area contributed by atoms with Gasteiger partial charge in [0.25, 0.3) is 0 Å². The summed E-state index contributed by atoms with van der Waals surface area (Å²) in [6, 6.07) is 8.80. The zero-order chi connectivity index (χ0) is 10.6. The van der Waals surface area contributed by atoms with E-state index in [-0.39, 0.29) is 37.4 Å². The summed E-state index contributed by atoms with van der Waals surface area (Å²) in [5.74, 6) is -0.765. The standard InChI is InChI=1S/C9H10O4S.Na.H/c1-14(11,12)13-9(10)7-8-5-3-2-4-6-8;;/h2-6H,7H2,1H3;;/q;+1;-1. The molecule has 1 aromatic carbocycles. The fourth-order valence-electron chi connectivity index (χ4n) is 0.961. The molecule has 1 rings (SSSR count). The van der Waals surface area contributed by atoms with Gasteiger partial charge in [-0.2, -0.15) is 8.42 Å². The third kappa shape index (κ3) is 6.67. The Morgan fingerprint density at radius 3 is 2.33 bits per heavy atom. The van der Waals surface area contributed by atoms with E-state index in [2.05, 4.69) is 4.18 Å². The van der Waals surface area contributed by atoms with Crippen molar-refractivity contribution in [1.29, 1.82) is 0 Å². The first-order valence-electron chi connectivity index (χ1n) is 3.93. The molecule has 6 heteroatoms. The van der Waals surface area contributed by atoms with Crippen LogP contribution in [-0.2, 0) is 25.5 Å². The zero-order valence-electron chi connectivity index (χ0n) is 9.64. The van der Waals surface area contributed by atoms with Crippen LogP contribution in [0, 0.1) is 0 Å². The molecule has 78 valence electrons. The molecule has 0 aliphatic carbocycles. The molecule has 0 bridgehead atoms. The van der Waals surface area contributed by atoms with E-state index in [9.17, 15) is 13.2 Å². The molecule has 0 aliphatic rings. The normalized spacial score (nSPS) is 10.2. The third-order valence-electron chi connectivity index (χ3n) is 1.44. The smallest absolute Gasteiger partial charge is 1.00 e. The number of carbonyl (C=O) groups is 1. The van der Waals surface area contributed by atoms with Gasteiger partial charge >= 0.3 is 45.6 Å². The third-order valence-corrected chi connectivity index (χ3v) is 1.92. The van der Waals surface area contributed by atoms with E-state index in [4.69, 9.17) is 0 Å². The Kier molecular flexibility index (Phi) is 6.12. The second kappa shape index (κ2) is 6.27. The van der Waals surface area contributed by atoms with Gasteiger partial charge in [0.1, 0.15) is 0 Å². The van der Waals surface area contributed by atoms with E-state index in [1.807, 2.05) is 6.07 Å². The minimum Gasteiger partial charge on any atom is -1.00 e. The first kappa shape index (κ1) is 14.6. The van der Waals surface area contributed by atoms with Crippen LogP contribution in [0.25, 0.3) is 0 Å². The topological polar surface area (TPSA) is 60.4 Å². The largest absolute Gasteiger partial charge is 1.00 e. The molecular formula is C9H11NaO4S. The van der Waals surface area contributed by atoms with Gasteiger partial charge in [0.2, 0.25) is 0 Å². The molecule has 0 aromatic heterocycles. The van der Waals surface area contributed by atoms with E-state index in [1.165, 1.54) is 0 Å². The van der Waals surface area contributed by atoms with Crippen molar-refractivity contribution < 1.29 is 48.4 Å². The van der Waals surface area contributed by atoms with Gasteiger partial charge in [-0.25, -0.2) is 0 Å². The summed E-state index contributed by atoms with van der Waals surface area (Å²) in [5, 5.41) is 0. The number of rotatable bonds is 3. The second-order valence-corrected chi connectivity index (χ2v) is 4.40. The molecule has 0 unspecified atom stereocenters. The van der Waals surface area contributed by atoms with Gasteiger partial charge < -0.3 is 5.61 Å². The molecular weight excluding hydrogens is 227 g/mol. The van der Waals surface area contributed by atoms with E-state index >= 15 is 0 Å². The fourth-order valence-corrected chi connectivity index (χ4v) is 1.36. The van der Waals surface area contributed by atoms with Crippen molar-refractivity contribution in [3.63, 3.8) is 0 Å². The van der Waals surface area contributed by atoms with Crippen molar-refractivity contribution in [3.05, 3.63) is 35.9 Å².